The molecule has 7 nitrogen and oxygen atoms in total. The number of hydrogen-bond acceptors (Lipinski definition) is 6. The Bertz CT molecular complexity index is 1010. The third-order valence-corrected chi connectivity index (χ3v) is 5.40. The summed E-state index contributed by atoms with van der Waals surface area (Å²) in [5.74, 6) is 1.87. The Hall–Kier alpha value is -3.06. The number of benzene rings is 2. The monoisotopic (exact) mass is 426 g/mol. The number of amides is 1. The second-order valence-electron chi connectivity index (χ2n) is 7.06. The molecule has 1 saturated heterocycles. The van der Waals surface area contributed by atoms with Gasteiger partial charge in [-0.15, -0.1) is 0 Å². The van der Waals surface area contributed by atoms with Gasteiger partial charge in [-0.3, -0.25) is 4.79 Å². The van der Waals surface area contributed by atoms with E-state index >= 15 is 0 Å². The first kappa shape index (κ1) is 20.2. The lowest BCUT2D eigenvalue weighted by Crippen LogP contribution is -2.48. The van der Waals surface area contributed by atoms with Crippen molar-refractivity contribution >= 4 is 23.2 Å². The van der Waals surface area contributed by atoms with E-state index in [0.29, 0.717) is 42.7 Å². The molecule has 0 N–H and O–H groups in total. The van der Waals surface area contributed by atoms with Crippen LogP contribution in [0.3, 0.4) is 0 Å². The maximum atomic E-state index is 12.6. The van der Waals surface area contributed by atoms with Gasteiger partial charge in [0.25, 0.3) is 0 Å². The summed E-state index contributed by atoms with van der Waals surface area (Å²) < 4.78 is 10.7. The van der Waals surface area contributed by atoms with Crippen molar-refractivity contribution in [2.24, 2.45) is 0 Å². The molecule has 3 aromatic rings. The smallest absolute Gasteiger partial charge is 0.227 e. The second-order valence-corrected chi connectivity index (χ2v) is 7.50. The molecule has 2 aromatic carbocycles. The molecule has 0 saturated carbocycles. The summed E-state index contributed by atoms with van der Waals surface area (Å²) in [6.07, 6.45) is 0.755. The molecule has 8 heteroatoms. The number of carbonyl (C=O) groups excluding carboxylic acids is 1. The van der Waals surface area contributed by atoms with Gasteiger partial charge in [0.1, 0.15) is 5.75 Å². The zero-order chi connectivity index (χ0) is 20.9. The molecule has 1 fully saturated rings. The van der Waals surface area contributed by atoms with E-state index in [-0.39, 0.29) is 5.91 Å². The van der Waals surface area contributed by atoms with E-state index in [1.54, 1.807) is 19.2 Å². The largest absolute Gasteiger partial charge is 0.495 e. The standard InChI is InChI=1S/C22H23ClN4O3/c1-29-19-8-3-2-7-18(19)26-11-13-27(14-12-26)21(28)10-9-20-24-22(25-30-20)16-5-4-6-17(23)15-16/h2-8,15H,9-14H2,1H3. The lowest BCUT2D eigenvalue weighted by atomic mass is 10.2. The lowest BCUT2D eigenvalue weighted by molar-refractivity contribution is -0.131. The first-order valence-electron chi connectivity index (χ1n) is 9.88. The van der Waals surface area contributed by atoms with Crippen LogP contribution in [0.2, 0.25) is 5.02 Å². The molecule has 0 radical (unpaired) electrons. The minimum absolute atomic E-state index is 0.0946. The highest BCUT2D eigenvalue weighted by atomic mass is 35.5. The van der Waals surface area contributed by atoms with Gasteiger partial charge in [0.15, 0.2) is 0 Å². The van der Waals surface area contributed by atoms with Crippen LogP contribution >= 0.6 is 11.6 Å². The second kappa shape index (κ2) is 9.17. The normalized spacial score (nSPS) is 14.1. The summed E-state index contributed by atoms with van der Waals surface area (Å²) in [6.45, 7) is 2.89. The maximum Gasteiger partial charge on any atom is 0.227 e. The van der Waals surface area contributed by atoms with E-state index < -0.39 is 0 Å². The van der Waals surface area contributed by atoms with Crippen molar-refractivity contribution in [2.45, 2.75) is 12.8 Å². The molecule has 0 bridgehead atoms. The van der Waals surface area contributed by atoms with Crippen LogP contribution < -0.4 is 9.64 Å². The van der Waals surface area contributed by atoms with Gasteiger partial charge in [-0.2, -0.15) is 4.98 Å². The number of hydrogen-bond donors (Lipinski definition) is 0. The Labute approximate surface area is 180 Å². The number of anilines is 1. The van der Waals surface area contributed by atoms with Crippen molar-refractivity contribution in [1.82, 2.24) is 15.0 Å². The first-order valence-corrected chi connectivity index (χ1v) is 10.3. The number of piperazine rings is 1. The van der Waals surface area contributed by atoms with Crippen LogP contribution in [0.25, 0.3) is 11.4 Å². The molecule has 1 aromatic heterocycles. The highest BCUT2D eigenvalue weighted by Crippen LogP contribution is 2.28. The van der Waals surface area contributed by atoms with Crippen molar-refractivity contribution in [3.05, 3.63) is 59.4 Å². The fourth-order valence-corrected chi connectivity index (χ4v) is 3.75. The lowest BCUT2D eigenvalue weighted by Gasteiger charge is -2.36. The van der Waals surface area contributed by atoms with Crippen LogP contribution in [0, 0.1) is 0 Å². The number of rotatable bonds is 6. The van der Waals surface area contributed by atoms with E-state index in [1.807, 2.05) is 41.3 Å². The van der Waals surface area contributed by atoms with Crippen molar-refractivity contribution in [3.63, 3.8) is 0 Å². The van der Waals surface area contributed by atoms with Crippen LogP contribution in [0.5, 0.6) is 5.75 Å². The minimum Gasteiger partial charge on any atom is -0.495 e. The molecule has 2 heterocycles. The number of para-hydroxylation sites is 2. The van der Waals surface area contributed by atoms with Gasteiger partial charge in [-0.1, -0.05) is 41.0 Å². The summed E-state index contributed by atoms with van der Waals surface area (Å²) in [6, 6.07) is 15.2. The predicted molar refractivity (Wildman–Crippen MR) is 115 cm³/mol. The van der Waals surface area contributed by atoms with Gasteiger partial charge in [-0.25, -0.2) is 0 Å². The van der Waals surface area contributed by atoms with E-state index in [1.165, 1.54) is 0 Å². The molecule has 0 spiro atoms. The van der Waals surface area contributed by atoms with Gasteiger partial charge >= 0.3 is 0 Å². The Kier molecular flexibility index (Phi) is 6.18. The Morgan fingerprint density at radius 1 is 1.13 bits per heavy atom. The maximum absolute atomic E-state index is 12.6. The summed E-state index contributed by atoms with van der Waals surface area (Å²) in [7, 11) is 1.67. The third kappa shape index (κ3) is 4.57. The highest BCUT2D eigenvalue weighted by Gasteiger charge is 2.23. The summed E-state index contributed by atoms with van der Waals surface area (Å²) in [5.41, 5.74) is 1.85. The number of ether oxygens (including phenoxy) is 1. The van der Waals surface area contributed by atoms with Crippen molar-refractivity contribution in [3.8, 4) is 17.1 Å². The van der Waals surface area contributed by atoms with Gasteiger partial charge in [0, 0.05) is 49.6 Å². The third-order valence-electron chi connectivity index (χ3n) is 5.16. The Balaban J connectivity index is 1.29. The average molecular weight is 427 g/mol. The fraction of sp³-hybridized carbons (Fsp3) is 0.318. The quantitative estimate of drug-likeness (QED) is 0.598. The van der Waals surface area contributed by atoms with Crippen molar-refractivity contribution in [2.75, 3.05) is 38.2 Å². The Morgan fingerprint density at radius 3 is 2.70 bits per heavy atom. The number of carbonyl (C=O) groups is 1. The Morgan fingerprint density at radius 2 is 1.93 bits per heavy atom. The zero-order valence-corrected chi connectivity index (χ0v) is 17.5. The zero-order valence-electron chi connectivity index (χ0n) is 16.8. The number of methoxy groups -OCH3 is 1. The number of halogens is 1. The van der Waals surface area contributed by atoms with Gasteiger partial charge < -0.3 is 19.1 Å². The average Bonchev–Trinajstić information content (AvgIpc) is 3.27. The van der Waals surface area contributed by atoms with Crippen LogP contribution in [-0.2, 0) is 11.2 Å². The molecular weight excluding hydrogens is 404 g/mol. The molecule has 0 atom stereocenters. The van der Waals surface area contributed by atoms with E-state index in [0.717, 1.165) is 30.1 Å². The molecule has 0 aliphatic carbocycles. The SMILES string of the molecule is COc1ccccc1N1CCN(C(=O)CCc2nc(-c3cccc(Cl)c3)no2)CC1. The summed E-state index contributed by atoms with van der Waals surface area (Å²) in [4.78, 5) is 21.2. The van der Waals surface area contributed by atoms with E-state index in [2.05, 4.69) is 15.0 Å². The molecule has 30 heavy (non-hydrogen) atoms. The van der Waals surface area contributed by atoms with Crippen LogP contribution in [0.15, 0.2) is 53.1 Å². The number of nitrogens with zero attached hydrogens (tertiary/aromatic N) is 4. The molecule has 156 valence electrons. The van der Waals surface area contributed by atoms with Gasteiger partial charge in [0.05, 0.1) is 12.8 Å². The number of aryl methyl sites for hydroxylation is 1. The predicted octanol–water partition coefficient (Wildman–Crippen LogP) is 3.68. The summed E-state index contributed by atoms with van der Waals surface area (Å²) >= 11 is 6.01. The highest BCUT2D eigenvalue weighted by molar-refractivity contribution is 6.30. The van der Waals surface area contributed by atoms with E-state index in [4.69, 9.17) is 20.9 Å². The topological polar surface area (TPSA) is 71.7 Å². The van der Waals surface area contributed by atoms with E-state index in [9.17, 15) is 4.79 Å². The molecule has 4 rings (SSSR count). The van der Waals surface area contributed by atoms with Crippen molar-refractivity contribution in [1.29, 1.82) is 0 Å². The molecule has 1 amide bonds. The van der Waals surface area contributed by atoms with Crippen LogP contribution in [0.4, 0.5) is 5.69 Å². The molecule has 0 unspecified atom stereocenters. The fourth-order valence-electron chi connectivity index (χ4n) is 3.56. The van der Waals surface area contributed by atoms with Gasteiger partial charge in [-0.05, 0) is 24.3 Å². The molecule has 1 aliphatic rings. The van der Waals surface area contributed by atoms with Gasteiger partial charge in [0.2, 0.25) is 17.6 Å². The summed E-state index contributed by atoms with van der Waals surface area (Å²) in [5, 5.41) is 4.60. The van der Waals surface area contributed by atoms with Crippen LogP contribution in [-0.4, -0.2) is 54.2 Å². The van der Waals surface area contributed by atoms with Crippen molar-refractivity contribution < 1.29 is 14.1 Å². The first-order chi connectivity index (χ1) is 14.6. The molecular formula is C22H23ClN4O3. The minimum atomic E-state index is 0.0946. The number of aromatic nitrogens is 2. The molecule has 1 aliphatic heterocycles. The van der Waals surface area contributed by atoms with Crippen LogP contribution in [0.1, 0.15) is 12.3 Å².